The number of nitrogens with one attached hydrogen (secondary N) is 2. The van der Waals surface area contributed by atoms with Crippen LogP contribution in [0.15, 0.2) is 109 Å². The highest BCUT2D eigenvalue weighted by atomic mass is 32.5. The van der Waals surface area contributed by atoms with Crippen molar-refractivity contribution in [1.82, 2.24) is 44.3 Å². The first kappa shape index (κ1) is 68.9. The highest BCUT2D eigenvalue weighted by Gasteiger charge is 2.54. The normalized spacial score (nSPS) is 24.9. The van der Waals surface area contributed by atoms with Gasteiger partial charge in [-0.3, -0.25) is 56.3 Å². The van der Waals surface area contributed by atoms with Gasteiger partial charge in [0.1, 0.15) is 54.6 Å². The number of benzene rings is 3. The molecular formula is C65H69FN10O18P2S. The van der Waals surface area contributed by atoms with Gasteiger partial charge in [-0.1, -0.05) is 72.5 Å². The second-order valence-corrected chi connectivity index (χ2v) is 28.3. The Bertz CT molecular complexity index is 4370. The fourth-order valence-electron chi connectivity index (χ4n) is 12.4. The van der Waals surface area contributed by atoms with E-state index in [9.17, 15) is 53.0 Å². The van der Waals surface area contributed by atoms with Crippen LogP contribution in [0.1, 0.15) is 97.3 Å². The number of halogens is 1. The van der Waals surface area contributed by atoms with Crippen LogP contribution in [0.3, 0.4) is 0 Å². The number of aryl methyl sites for hydroxylation is 2. The zero-order valence-electron chi connectivity index (χ0n) is 52.2. The van der Waals surface area contributed by atoms with Gasteiger partial charge in [0, 0.05) is 67.2 Å². The molecule has 0 spiro atoms. The Labute approximate surface area is 559 Å². The van der Waals surface area contributed by atoms with E-state index in [1.807, 2.05) is 48.5 Å². The fourth-order valence-corrected chi connectivity index (χ4v) is 14.8. The van der Waals surface area contributed by atoms with E-state index in [1.54, 1.807) is 41.4 Å². The number of rotatable bonds is 23. The SMILES string of the molecule is O=C(CCC(=O)NCC(=O)C[C@@H](Cc1ccccc1)C(=O)NCC(=O)CCOCCn1cnc2c(ncn2[C@@H]2O[C@@H]3COP(=O)(O)O[C@H]4[C@@H](F)[C@H](n5cc6c7c(ncnc75)CCCC6)O[C@@H]4COP(O)(=S)O[C@@H]2[C@@H]3O)c1=O)CCC(=O)N1Cc2ccccc2C#Cc2ccccc21. The Hall–Kier alpha value is -7.98. The van der Waals surface area contributed by atoms with Gasteiger partial charge in [0.15, 0.2) is 41.4 Å². The van der Waals surface area contributed by atoms with Crippen LogP contribution >= 0.6 is 14.5 Å². The van der Waals surface area contributed by atoms with E-state index in [0.717, 1.165) is 52.5 Å². The molecule has 2 unspecified atom stereocenters. The molecule has 3 amide bonds. The maximum Gasteiger partial charge on any atom is 0.472 e. The third-order valence-electron chi connectivity index (χ3n) is 17.4. The number of aromatic nitrogens is 7. The van der Waals surface area contributed by atoms with Crippen LogP contribution in [0, 0.1) is 17.8 Å². The van der Waals surface area contributed by atoms with Crippen molar-refractivity contribution < 1.29 is 84.9 Å². The number of alkyl halides is 1. The number of Topliss-reactive ketones (excluding diaryl/α,β-unsaturated/α-hetero) is 3. The van der Waals surface area contributed by atoms with Crippen molar-refractivity contribution in [3.05, 3.63) is 148 Å². The number of hydrogen-bond acceptors (Lipinski definition) is 21. The lowest BCUT2D eigenvalue weighted by Gasteiger charge is -2.27. The zero-order chi connectivity index (χ0) is 68.0. The highest BCUT2D eigenvalue weighted by molar-refractivity contribution is 8.07. The Morgan fingerprint density at radius 1 is 0.732 bits per heavy atom. The van der Waals surface area contributed by atoms with E-state index < -0.39 is 118 Å². The minimum absolute atomic E-state index is 0.0519. The number of phosphoric ester groups is 1. The molecule has 5 aliphatic rings. The van der Waals surface area contributed by atoms with E-state index in [2.05, 4.69) is 42.4 Å². The lowest BCUT2D eigenvalue weighted by Crippen LogP contribution is -2.38. The number of fused-ring (bicyclic) bond motifs is 6. The predicted molar refractivity (Wildman–Crippen MR) is 346 cm³/mol. The van der Waals surface area contributed by atoms with Gasteiger partial charge in [-0.25, -0.2) is 28.9 Å². The summed E-state index contributed by atoms with van der Waals surface area (Å²) in [6, 6.07) is 23.8. The van der Waals surface area contributed by atoms with Crippen molar-refractivity contribution in [1.29, 1.82) is 0 Å². The molecular weight excluding hydrogens is 1320 g/mol. The summed E-state index contributed by atoms with van der Waals surface area (Å²) in [7, 11) is -5.19. The summed E-state index contributed by atoms with van der Waals surface area (Å²) in [6.07, 6.45) is -5.31. The van der Waals surface area contributed by atoms with Gasteiger partial charge in [-0.15, -0.1) is 0 Å². The van der Waals surface area contributed by atoms with Crippen molar-refractivity contribution in [3.63, 3.8) is 0 Å². The van der Waals surface area contributed by atoms with E-state index in [4.69, 9.17) is 44.1 Å². The number of para-hydroxylation sites is 1. The third kappa shape index (κ3) is 16.3. The Balaban J connectivity index is 0.593. The number of ether oxygens (including phenoxy) is 3. The molecule has 510 valence electrons. The van der Waals surface area contributed by atoms with Crippen LogP contribution in [-0.2, 0) is 110 Å². The number of ketones is 3. The molecule has 0 radical (unpaired) electrons. The molecule has 12 rings (SSSR count). The highest BCUT2D eigenvalue weighted by Crippen LogP contribution is 2.54. The molecule has 8 heterocycles. The van der Waals surface area contributed by atoms with Crippen LogP contribution in [0.5, 0.6) is 0 Å². The monoisotopic (exact) mass is 1390 g/mol. The van der Waals surface area contributed by atoms with E-state index in [1.165, 1.54) is 26.4 Å². The first-order valence-electron chi connectivity index (χ1n) is 31.7. The summed E-state index contributed by atoms with van der Waals surface area (Å²) in [5, 5.41) is 17.5. The fraction of sp³-hybridized carbons (Fsp3) is 0.431. The van der Waals surface area contributed by atoms with E-state index in [0.29, 0.717) is 29.7 Å². The molecule has 32 heteroatoms. The lowest BCUT2D eigenvalue weighted by molar-refractivity contribution is -0.131. The quantitative estimate of drug-likeness (QED) is 0.0330. The number of carbonyl (C=O) groups excluding carboxylic acids is 6. The summed E-state index contributed by atoms with van der Waals surface area (Å²) in [6.45, 7) is -6.71. The Morgan fingerprint density at radius 3 is 2.30 bits per heavy atom. The van der Waals surface area contributed by atoms with Crippen LogP contribution in [0.2, 0.25) is 0 Å². The first-order valence-corrected chi connectivity index (χ1v) is 35.8. The number of amides is 3. The first-order chi connectivity index (χ1) is 46.8. The van der Waals surface area contributed by atoms with Crippen LogP contribution in [0.4, 0.5) is 10.1 Å². The number of nitrogens with zero attached hydrogens (tertiary/aromatic N) is 8. The maximum atomic E-state index is 16.7. The number of phosphoric acid groups is 1. The summed E-state index contributed by atoms with van der Waals surface area (Å²) in [4.78, 5) is 135. The second-order valence-electron chi connectivity index (χ2n) is 24.1. The van der Waals surface area contributed by atoms with E-state index >= 15 is 4.39 Å². The van der Waals surface area contributed by atoms with Crippen LogP contribution in [-0.4, -0.2) is 160 Å². The average Bonchev–Trinajstić information content (AvgIpc) is 1.64. The molecule has 97 heavy (non-hydrogen) atoms. The third-order valence-corrected chi connectivity index (χ3v) is 19.9. The lowest BCUT2D eigenvalue weighted by atomic mass is 9.93. The maximum absolute atomic E-state index is 16.7. The average molecular weight is 1390 g/mol. The van der Waals surface area contributed by atoms with Gasteiger partial charge in [0.05, 0.1) is 70.3 Å². The molecule has 4 aromatic heterocycles. The summed E-state index contributed by atoms with van der Waals surface area (Å²) in [5.41, 5.74) is 4.96. The smallest absolute Gasteiger partial charge is 0.387 e. The number of carbonyl (C=O) groups is 6. The molecule has 11 atom stereocenters. The number of aliphatic hydroxyl groups is 1. The molecule has 4 aliphatic heterocycles. The molecule has 0 saturated carbocycles. The molecule has 7 aromatic rings. The van der Waals surface area contributed by atoms with Gasteiger partial charge >= 0.3 is 14.5 Å². The topological polar surface area (TPSA) is 356 Å². The molecule has 1 aliphatic carbocycles. The van der Waals surface area contributed by atoms with Crippen molar-refractivity contribution >= 4 is 89.3 Å². The van der Waals surface area contributed by atoms with Gasteiger partial charge in [-0.2, -0.15) is 0 Å². The number of imidazole rings is 1. The van der Waals surface area contributed by atoms with Gasteiger partial charge in [-0.05, 0) is 78.8 Å². The molecule has 3 aromatic carbocycles. The molecule has 2 bridgehead atoms. The molecule has 3 saturated heterocycles. The van der Waals surface area contributed by atoms with Gasteiger partial charge in [0.2, 0.25) is 17.7 Å². The van der Waals surface area contributed by atoms with Crippen molar-refractivity contribution in [2.24, 2.45) is 5.92 Å². The second kappa shape index (κ2) is 30.4. The number of anilines is 1. The van der Waals surface area contributed by atoms with Crippen LogP contribution in [0.25, 0.3) is 22.2 Å². The minimum Gasteiger partial charge on any atom is -0.387 e. The Morgan fingerprint density at radius 2 is 1.46 bits per heavy atom. The predicted octanol–water partition coefficient (Wildman–Crippen LogP) is 4.65. The van der Waals surface area contributed by atoms with Crippen molar-refractivity contribution in [2.45, 2.75) is 133 Å². The molecule has 3 fully saturated rings. The standard InChI is InChI=1S/C65H69FN10O18P2S/c66-55-58-51(92-64(55)75-33-43-15-6-8-16-48-54(43)60(75)70-36-69-48)35-90-96(87,97)94-59-57(82)50(34-89-95(85,86)93-58)91-65(59)76-38-71-56-61(76)72-37-73(63(56)84)25-27-88-26-24-46(78)30-68-62(83)44(28-39-10-2-1-3-11-39)29-47(79)31-67-52(80)22-20-45(77)21-23-53(81)74-32-42-14-5-4-12-40(42)18-19-41-13-7-9-17-49(41)74/h1-5,7,9-14,17,33,36-38,44,50-51,55,57-59,64-65,82H,6,8,15-16,20-32,34-35H2,(H,67,80)(H,68,83)(H,85,86)(H,87,97)/t44-,50-,51-,55-,57-,58-,59-,64-,65-,96?/m1/s1. The summed E-state index contributed by atoms with van der Waals surface area (Å²) < 4.78 is 74.3. The van der Waals surface area contributed by atoms with Crippen molar-refractivity contribution in [2.75, 3.05) is 44.4 Å². The van der Waals surface area contributed by atoms with Crippen LogP contribution < -0.4 is 21.1 Å². The number of aliphatic hydroxyl groups excluding tert-OH is 1. The zero-order valence-corrected chi connectivity index (χ0v) is 54.8. The summed E-state index contributed by atoms with van der Waals surface area (Å²) in [5.74, 6) is 2.88. The molecule has 5 N–H and O–H groups in total. The molecule has 28 nitrogen and oxygen atoms in total. The minimum atomic E-state index is -5.19. The van der Waals surface area contributed by atoms with E-state index in [-0.39, 0.29) is 101 Å². The largest absolute Gasteiger partial charge is 0.472 e. The van der Waals surface area contributed by atoms with Gasteiger partial charge in [0.25, 0.3) is 5.56 Å². The summed E-state index contributed by atoms with van der Waals surface area (Å²) >= 11 is 5.39. The Kier molecular flexibility index (Phi) is 21.6. The van der Waals surface area contributed by atoms with Crippen molar-refractivity contribution in [3.8, 4) is 11.8 Å². The number of hydrogen-bond donors (Lipinski definition) is 5. The van der Waals surface area contributed by atoms with Gasteiger partial charge < -0.3 is 53.7 Å².